The van der Waals surface area contributed by atoms with Crippen LogP contribution in [0.1, 0.15) is 10.4 Å². The molecule has 1 N–H and O–H groups in total. The Bertz CT molecular complexity index is 486. The Morgan fingerprint density at radius 1 is 1.35 bits per heavy atom. The molecule has 7 heteroatoms. The highest BCUT2D eigenvalue weighted by atomic mass is 35.5. The number of benzene rings is 1. The third kappa shape index (κ3) is 2.31. The van der Waals surface area contributed by atoms with E-state index < -0.39 is 28.2 Å². The molecule has 0 aliphatic rings. The molecule has 0 aliphatic carbocycles. The van der Waals surface area contributed by atoms with Gasteiger partial charge in [-0.2, -0.15) is 0 Å². The first-order valence-corrected chi connectivity index (χ1v) is 4.69. The van der Waals surface area contributed by atoms with Gasteiger partial charge in [-0.05, 0) is 6.07 Å². The highest BCUT2D eigenvalue weighted by Gasteiger charge is 2.26. The molecule has 1 aromatic carbocycles. The van der Waals surface area contributed by atoms with E-state index in [0.29, 0.717) is 0 Å². The maximum Gasteiger partial charge on any atom is 0.377 e. The molecule has 0 radical (unpaired) electrons. The van der Waals surface area contributed by atoms with Crippen molar-refractivity contribution >= 4 is 23.4 Å². The van der Waals surface area contributed by atoms with Gasteiger partial charge in [0.2, 0.25) is 0 Å². The Morgan fingerprint density at radius 2 is 1.94 bits per heavy atom. The summed E-state index contributed by atoms with van der Waals surface area (Å²) in [6.45, 7) is 0. The first-order chi connectivity index (χ1) is 7.93. The van der Waals surface area contributed by atoms with Gasteiger partial charge in [0.1, 0.15) is 5.02 Å². The van der Waals surface area contributed by atoms with Crippen LogP contribution < -0.4 is 9.47 Å². The highest BCUT2D eigenvalue weighted by Crippen LogP contribution is 2.38. The molecule has 0 fully saturated rings. The first-order valence-electron chi connectivity index (χ1n) is 4.31. The van der Waals surface area contributed by atoms with Crippen molar-refractivity contribution < 1.29 is 28.6 Å². The first kappa shape index (κ1) is 13.2. The summed E-state index contributed by atoms with van der Waals surface area (Å²) in [4.78, 5) is 21.7. The molecule has 0 heterocycles. The van der Waals surface area contributed by atoms with E-state index >= 15 is 0 Å². The second-order valence-corrected chi connectivity index (χ2v) is 3.30. The highest BCUT2D eigenvalue weighted by molar-refractivity contribution is 6.41. The van der Waals surface area contributed by atoms with E-state index in [0.717, 1.165) is 6.07 Å². The second kappa shape index (κ2) is 5.01. The fraction of sp³-hybridized carbons (Fsp3) is 0.200. The van der Waals surface area contributed by atoms with E-state index in [1.165, 1.54) is 14.2 Å². The van der Waals surface area contributed by atoms with E-state index in [1.54, 1.807) is 0 Å². The van der Waals surface area contributed by atoms with E-state index in [4.69, 9.17) is 26.2 Å². The molecule has 0 saturated heterocycles. The molecule has 0 unspecified atom stereocenters. The van der Waals surface area contributed by atoms with Gasteiger partial charge in [0.25, 0.3) is 5.78 Å². The van der Waals surface area contributed by atoms with Crippen molar-refractivity contribution in [3.8, 4) is 11.5 Å². The molecule has 17 heavy (non-hydrogen) atoms. The molecule has 1 rings (SSSR count). The van der Waals surface area contributed by atoms with Crippen LogP contribution in [0.2, 0.25) is 5.02 Å². The van der Waals surface area contributed by atoms with Crippen molar-refractivity contribution in [1.29, 1.82) is 0 Å². The molecule has 0 bridgehead atoms. The summed E-state index contributed by atoms with van der Waals surface area (Å²) in [6, 6.07) is 0.927. The Labute approximate surface area is 101 Å². The van der Waals surface area contributed by atoms with Gasteiger partial charge in [-0.3, -0.25) is 4.79 Å². The molecule has 92 valence electrons. The van der Waals surface area contributed by atoms with Crippen LogP contribution in [0.15, 0.2) is 6.07 Å². The van der Waals surface area contributed by atoms with Crippen molar-refractivity contribution in [2.75, 3.05) is 14.2 Å². The summed E-state index contributed by atoms with van der Waals surface area (Å²) in [7, 11) is 2.49. The molecule has 0 aromatic heterocycles. The predicted octanol–water partition coefficient (Wildman–Crippen LogP) is 1.76. The van der Waals surface area contributed by atoms with Crippen molar-refractivity contribution in [3.63, 3.8) is 0 Å². The number of carbonyl (C=O) groups is 2. The van der Waals surface area contributed by atoms with E-state index in [-0.39, 0.29) is 11.5 Å². The zero-order valence-corrected chi connectivity index (χ0v) is 9.67. The molecule has 5 nitrogen and oxygen atoms in total. The predicted molar refractivity (Wildman–Crippen MR) is 56.5 cm³/mol. The number of ketones is 1. The van der Waals surface area contributed by atoms with Crippen LogP contribution in [0.3, 0.4) is 0 Å². The number of ether oxygens (including phenoxy) is 2. The Kier molecular flexibility index (Phi) is 3.90. The van der Waals surface area contributed by atoms with Crippen molar-refractivity contribution in [3.05, 3.63) is 22.5 Å². The Morgan fingerprint density at radius 3 is 2.35 bits per heavy atom. The number of halogens is 2. The van der Waals surface area contributed by atoms with E-state index in [1.807, 2.05) is 0 Å². The lowest BCUT2D eigenvalue weighted by atomic mass is 10.1. The number of carboxylic acid groups (broad SMARTS) is 1. The molecule has 0 spiro atoms. The van der Waals surface area contributed by atoms with Crippen molar-refractivity contribution in [2.45, 2.75) is 0 Å². The quantitative estimate of drug-likeness (QED) is 0.661. The number of hydrogen-bond acceptors (Lipinski definition) is 4. The summed E-state index contributed by atoms with van der Waals surface area (Å²) in [5, 5.41) is 8.01. The number of carboxylic acids is 1. The van der Waals surface area contributed by atoms with Crippen LogP contribution in [0, 0.1) is 5.82 Å². The minimum atomic E-state index is -1.79. The molecule has 0 atom stereocenters. The molecule has 1 aromatic rings. The van der Waals surface area contributed by atoms with Crippen LogP contribution >= 0.6 is 11.6 Å². The third-order valence-corrected chi connectivity index (χ3v) is 2.33. The number of hydrogen-bond donors (Lipinski definition) is 1. The molecule has 0 amide bonds. The van der Waals surface area contributed by atoms with Crippen LogP contribution in [-0.2, 0) is 4.79 Å². The summed E-state index contributed by atoms with van der Waals surface area (Å²) < 4.78 is 23.2. The van der Waals surface area contributed by atoms with Gasteiger partial charge in [0.15, 0.2) is 17.3 Å². The van der Waals surface area contributed by atoms with E-state index in [2.05, 4.69) is 0 Å². The number of rotatable bonds is 4. The maximum atomic E-state index is 13.6. The Hall–Kier alpha value is -1.82. The number of aliphatic carboxylic acids is 1. The SMILES string of the molecule is COc1cc(C(=O)C(=O)O)c(F)c(Cl)c1OC. The zero-order valence-electron chi connectivity index (χ0n) is 8.91. The van der Waals surface area contributed by atoms with Gasteiger partial charge in [-0.15, -0.1) is 0 Å². The van der Waals surface area contributed by atoms with Crippen molar-refractivity contribution in [2.24, 2.45) is 0 Å². The molecule has 0 aliphatic heterocycles. The monoisotopic (exact) mass is 262 g/mol. The van der Waals surface area contributed by atoms with Gasteiger partial charge < -0.3 is 14.6 Å². The third-order valence-electron chi connectivity index (χ3n) is 1.99. The standard InChI is InChI=1S/C10H8ClFO5/c1-16-5-3-4(8(13)10(14)15)7(12)6(11)9(5)17-2/h3H,1-2H3,(H,14,15). The molecular weight excluding hydrogens is 255 g/mol. The minimum absolute atomic E-state index is 0.0245. The van der Waals surface area contributed by atoms with Gasteiger partial charge >= 0.3 is 5.97 Å². The fourth-order valence-electron chi connectivity index (χ4n) is 1.21. The smallest absolute Gasteiger partial charge is 0.377 e. The topological polar surface area (TPSA) is 72.8 Å². The van der Waals surface area contributed by atoms with E-state index in [9.17, 15) is 14.0 Å². The number of methoxy groups -OCH3 is 2. The van der Waals surface area contributed by atoms with Crippen LogP contribution in [-0.4, -0.2) is 31.1 Å². The minimum Gasteiger partial charge on any atom is -0.493 e. The van der Waals surface area contributed by atoms with Gasteiger partial charge in [-0.25, -0.2) is 9.18 Å². The van der Waals surface area contributed by atoms with Gasteiger partial charge in [0, 0.05) is 0 Å². The lowest BCUT2D eigenvalue weighted by molar-refractivity contribution is -0.131. The lowest BCUT2D eigenvalue weighted by Gasteiger charge is -2.11. The van der Waals surface area contributed by atoms with Crippen LogP contribution in [0.5, 0.6) is 11.5 Å². The van der Waals surface area contributed by atoms with Gasteiger partial charge in [0.05, 0.1) is 19.8 Å². The molecular formula is C10H8ClFO5. The maximum absolute atomic E-state index is 13.6. The van der Waals surface area contributed by atoms with Gasteiger partial charge in [-0.1, -0.05) is 11.6 Å². The summed E-state index contributed by atoms with van der Waals surface area (Å²) in [5.74, 6) is -4.48. The largest absolute Gasteiger partial charge is 0.493 e. The number of Topliss-reactive ketones (excluding diaryl/α,β-unsaturated/α-hetero) is 1. The molecule has 0 saturated carbocycles. The van der Waals surface area contributed by atoms with Crippen molar-refractivity contribution in [1.82, 2.24) is 0 Å². The Balaban J connectivity index is 3.50. The fourth-order valence-corrected chi connectivity index (χ4v) is 1.48. The summed E-state index contributed by atoms with van der Waals surface area (Å²) in [6.07, 6.45) is 0. The summed E-state index contributed by atoms with van der Waals surface area (Å²) in [5.41, 5.74) is -0.680. The normalized spacial score (nSPS) is 9.88. The average Bonchev–Trinajstić information content (AvgIpc) is 2.31. The zero-order chi connectivity index (χ0) is 13.2. The van der Waals surface area contributed by atoms with Crippen LogP contribution in [0.4, 0.5) is 4.39 Å². The average molecular weight is 263 g/mol. The second-order valence-electron chi connectivity index (χ2n) is 2.92. The number of carbonyl (C=O) groups excluding carboxylic acids is 1. The lowest BCUT2D eigenvalue weighted by Crippen LogP contribution is -2.15. The summed E-state index contributed by atoms with van der Waals surface area (Å²) >= 11 is 5.61. The van der Waals surface area contributed by atoms with Crippen LogP contribution in [0.25, 0.3) is 0 Å².